The lowest BCUT2D eigenvalue weighted by Gasteiger charge is -2.22. The molecule has 0 heterocycles. The minimum absolute atomic E-state index is 0.0822. The van der Waals surface area contributed by atoms with E-state index in [2.05, 4.69) is 6.07 Å². The van der Waals surface area contributed by atoms with Crippen LogP contribution in [0.15, 0.2) is 18.2 Å². The molecule has 0 saturated heterocycles. The lowest BCUT2D eigenvalue weighted by Crippen LogP contribution is -2.38. The summed E-state index contributed by atoms with van der Waals surface area (Å²) >= 11 is 0. The zero-order valence-electron chi connectivity index (χ0n) is 13.0. The second kappa shape index (κ2) is 7.90. The lowest BCUT2D eigenvalue weighted by atomic mass is 10.1. The summed E-state index contributed by atoms with van der Waals surface area (Å²) in [6, 6.07) is 6.11. The predicted octanol–water partition coefficient (Wildman–Crippen LogP) is 2.13. The van der Waals surface area contributed by atoms with Crippen molar-refractivity contribution in [1.82, 2.24) is 4.90 Å². The molecule has 1 atom stereocenters. The van der Waals surface area contributed by atoms with Crippen LogP contribution in [0.5, 0.6) is 5.75 Å². The molecule has 0 spiro atoms. The van der Waals surface area contributed by atoms with Gasteiger partial charge >= 0.3 is 0 Å². The number of carbonyl (C=O) groups excluding carboxylic acids is 1. The molecule has 1 rings (SSSR count). The molecule has 0 aromatic heterocycles. The topological polar surface area (TPSA) is 55.6 Å². The fourth-order valence-electron chi connectivity index (χ4n) is 2.18. The van der Waals surface area contributed by atoms with Gasteiger partial charge in [-0.15, -0.1) is 0 Å². The molecule has 2 N–H and O–H groups in total. The van der Waals surface area contributed by atoms with E-state index in [4.69, 9.17) is 10.5 Å². The molecular weight excluding hydrogens is 252 g/mol. The average molecular weight is 278 g/mol. The number of aryl methyl sites for hydroxylation is 2. The predicted molar refractivity (Wildman–Crippen MR) is 81.9 cm³/mol. The number of carbonyl (C=O) groups is 1. The molecule has 0 aliphatic heterocycles. The molecule has 1 aromatic carbocycles. The van der Waals surface area contributed by atoms with Crippen LogP contribution in [0.3, 0.4) is 0 Å². The van der Waals surface area contributed by atoms with E-state index < -0.39 is 0 Å². The largest absolute Gasteiger partial charge is 0.492 e. The number of ether oxygens (including phenoxy) is 1. The highest BCUT2D eigenvalue weighted by atomic mass is 16.5. The SMILES string of the molecule is CCC(CN)C(=O)N(C)CCOc1cc(C)cc(C)c1. The van der Waals surface area contributed by atoms with E-state index >= 15 is 0 Å². The van der Waals surface area contributed by atoms with Crippen LogP contribution in [0.2, 0.25) is 0 Å². The van der Waals surface area contributed by atoms with Gasteiger partial charge in [-0.05, 0) is 43.5 Å². The molecule has 20 heavy (non-hydrogen) atoms. The van der Waals surface area contributed by atoms with E-state index in [1.807, 2.05) is 32.9 Å². The van der Waals surface area contributed by atoms with Gasteiger partial charge in [0.25, 0.3) is 0 Å². The summed E-state index contributed by atoms with van der Waals surface area (Å²) in [4.78, 5) is 13.7. The van der Waals surface area contributed by atoms with E-state index in [0.717, 1.165) is 12.2 Å². The van der Waals surface area contributed by atoms with Crippen molar-refractivity contribution in [2.24, 2.45) is 11.7 Å². The van der Waals surface area contributed by atoms with Crippen LogP contribution < -0.4 is 10.5 Å². The average Bonchev–Trinajstić information content (AvgIpc) is 2.38. The number of nitrogens with zero attached hydrogens (tertiary/aromatic N) is 1. The van der Waals surface area contributed by atoms with Gasteiger partial charge in [0, 0.05) is 13.6 Å². The Labute approximate surface area is 121 Å². The second-order valence-electron chi connectivity index (χ2n) is 5.27. The van der Waals surface area contributed by atoms with Gasteiger partial charge in [0.2, 0.25) is 5.91 Å². The Bertz CT molecular complexity index is 422. The van der Waals surface area contributed by atoms with Crippen LogP contribution in [-0.4, -0.2) is 37.6 Å². The van der Waals surface area contributed by atoms with Gasteiger partial charge in [-0.3, -0.25) is 4.79 Å². The fourth-order valence-corrected chi connectivity index (χ4v) is 2.18. The Morgan fingerprint density at radius 3 is 2.40 bits per heavy atom. The number of nitrogens with two attached hydrogens (primary N) is 1. The summed E-state index contributed by atoms with van der Waals surface area (Å²) in [7, 11) is 1.80. The molecular formula is C16H26N2O2. The van der Waals surface area contributed by atoms with E-state index in [9.17, 15) is 4.79 Å². The molecule has 112 valence electrons. The van der Waals surface area contributed by atoms with Crippen molar-refractivity contribution in [2.45, 2.75) is 27.2 Å². The van der Waals surface area contributed by atoms with Gasteiger partial charge in [-0.2, -0.15) is 0 Å². The van der Waals surface area contributed by atoms with Gasteiger partial charge in [0.1, 0.15) is 12.4 Å². The molecule has 0 fully saturated rings. The number of benzene rings is 1. The Balaban J connectivity index is 2.45. The Kier molecular flexibility index (Phi) is 6.52. The van der Waals surface area contributed by atoms with E-state index in [0.29, 0.717) is 19.7 Å². The highest BCUT2D eigenvalue weighted by Crippen LogP contribution is 2.16. The number of amides is 1. The van der Waals surface area contributed by atoms with Gasteiger partial charge in [-0.1, -0.05) is 13.0 Å². The quantitative estimate of drug-likeness (QED) is 0.831. The van der Waals surface area contributed by atoms with Crippen molar-refractivity contribution in [3.8, 4) is 5.75 Å². The van der Waals surface area contributed by atoms with E-state index in [1.165, 1.54) is 11.1 Å². The second-order valence-corrected chi connectivity index (χ2v) is 5.27. The molecule has 0 bridgehead atoms. The van der Waals surface area contributed by atoms with E-state index in [1.54, 1.807) is 11.9 Å². The first kappa shape index (κ1) is 16.5. The molecule has 4 nitrogen and oxygen atoms in total. The Morgan fingerprint density at radius 1 is 1.30 bits per heavy atom. The van der Waals surface area contributed by atoms with Gasteiger partial charge in [0.05, 0.1) is 12.5 Å². The van der Waals surface area contributed by atoms with E-state index in [-0.39, 0.29) is 11.8 Å². The first-order valence-electron chi connectivity index (χ1n) is 7.14. The third-order valence-corrected chi connectivity index (χ3v) is 3.39. The Hall–Kier alpha value is -1.55. The summed E-state index contributed by atoms with van der Waals surface area (Å²) in [5.41, 5.74) is 7.95. The van der Waals surface area contributed by atoms with Crippen molar-refractivity contribution in [3.63, 3.8) is 0 Å². The molecule has 1 amide bonds. The zero-order chi connectivity index (χ0) is 15.1. The van der Waals surface area contributed by atoms with Crippen LogP contribution in [-0.2, 0) is 4.79 Å². The van der Waals surface area contributed by atoms with Gasteiger partial charge in [0.15, 0.2) is 0 Å². The molecule has 0 aliphatic rings. The minimum Gasteiger partial charge on any atom is -0.492 e. The van der Waals surface area contributed by atoms with Crippen molar-refractivity contribution >= 4 is 5.91 Å². The van der Waals surface area contributed by atoms with Crippen LogP contribution in [0.25, 0.3) is 0 Å². The standard InChI is InChI=1S/C16H26N2O2/c1-5-14(11-17)16(19)18(4)6-7-20-15-9-12(2)8-13(3)10-15/h8-10,14H,5-7,11,17H2,1-4H3. The molecule has 1 unspecified atom stereocenters. The highest BCUT2D eigenvalue weighted by molar-refractivity contribution is 5.78. The fraction of sp³-hybridized carbons (Fsp3) is 0.562. The molecule has 1 aromatic rings. The number of hydrogen-bond donors (Lipinski definition) is 1. The lowest BCUT2D eigenvalue weighted by molar-refractivity contribution is -0.134. The smallest absolute Gasteiger partial charge is 0.226 e. The minimum atomic E-state index is -0.0822. The van der Waals surface area contributed by atoms with Crippen LogP contribution in [0.4, 0.5) is 0 Å². The monoisotopic (exact) mass is 278 g/mol. The number of likely N-dealkylation sites (N-methyl/N-ethyl adjacent to an activating group) is 1. The molecule has 4 heteroatoms. The molecule has 0 radical (unpaired) electrons. The first-order valence-corrected chi connectivity index (χ1v) is 7.14. The van der Waals surface area contributed by atoms with Crippen molar-refractivity contribution in [2.75, 3.05) is 26.7 Å². The van der Waals surface area contributed by atoms with Crippen LogP contribution in [0.1, 0.15) is 24.5 Å². The Morgan fingerprint density at radius 2 is 1.90 bits per heavy atom. The van der Waals surface area contributed by atoms with Gasteiger partial charge < -0.3 is 15.4 Å². The van der Waals surface area contributed by atoms with Crippen LogP contribution in [0, 0.1) is 19.8 Å². The van der Waals surface area contributed by atoms with Crippen molar-refractivity contribution in [1.29, 1.82) is 0 Å². The first-order chi connectivity index (χ1) is 9.47. The van der Waals surface area contributed by atoms with Gasteiger partial charge in [-0.25, -0.2) is 0 Å². The van der Waals surface area contributed by atoms with Crippen molar-refractivity contribution in [3.05, 3.63) is 29.3 Å². The summed E-state index contributed by atoms with van der Waals surface area (Å²) < 4.78 is 5.71. The van der Waals surface area contributed by atoms with Crippen LogP contribution >= 0.6 is 0 Å². The zero-order valence-corrected chi connectivity index (χ0v) is 13.0. The normalized spacial score (nSPS) is 12.1. The molecule has 0 aliphatic carbocycles. The molecule has 0 saturated carbocycles. The maximum Gasteiger partial charge on any atom is 0.226 e. The van der Waals surface area contributed by atoms with Crippen molar-refractivity contribution < 1.29 is 9.53 Å². The summed E-state index contributed by atoms with van der Waals surface area (Å²) in [5, 5.41) is 0. The third kappa shape index (κ3) is 4.85. The number of hydrogen-bond acceptors (Lipinski definition) is 3. The summed E-state index contributed by atoms with van der Waals surface area (Å²) in [5.74, 6) is 0.870. The maximum atomic E-state index is 12.0. The highest BCUT2D eigenvalue weighted by Gasteiger charge is 2.18. The number of rotatable bonds is 7. The maximum absolute atomic E-state index is 12.0. The summed E-state index contributed by atoms with van der Waals surface area (Å²) in [6.07, 6.45) is 0.775. The third-order valence-electron chi connectivity index (χ3n) is 3.39. The summed E-state index contributed by atoms with van der Waals surface area (Å²) in [6.45, 7) is 7.53.